The molecule has 12 heteroatoms. The molecule has 21 heavy (non-hydrogen) atoms. The van der Waals surface area contributed by atoms with Gasteiger partial charge in [-0.05, 0) is 13.3 Å². The molecule has 1 amide bonds. The molecule has 0 aromatic heterocycles. The van der Waals surface area contributed by atoms with Crippen LogP contribution in [-0.4, -0.2) is 48.8 Å². The maximum atomic E-state index is 12.4. The van der Waals surface area contributed by atoms with Crippen LogP contribution in [0.15, 0.2) is 11.3 Å². The zero-order valence-corrected chi connectivity index (χ0v) is 11.5. The van der Waals surface area contributed by atoms with Crippen molar-refractivity contribution in [1.29, 1.82) is 0 Å². The van der Waals surface area contributed by atoms with E-state index in [9.17, 15) is 26.4 Å². The fourth-order valence-electron chi connectivity index (χ4n) is 2.18. The Bertz CT molecular complexity index is 602. The Morgan fingerprint density at radius 1 is 1.48 bits per heavy atom. The lowest BCUT2D eigenvalue weighted by atomic mass is 9.98. The minimum atomic E-state index is -5.79. The summed E-state index contributed by atoms with van der Waals surface area (Å²) in [6, 6.07) is 0. The standard InChI is InChI=1S/C9H12F3N3O5S/c1-8(20-21(18,19)9(10,11)12)5-2-3-15(7(16)17)4-6(5)13-14-8/h13-14H,2-4H2,1H3,(H,16,17). The predicted molar refractivity (Wildman–Crippen MR) is 62.0 cm³/mol. The van der Waals surface area contributed by atoms with Crippen molar-refractivity contribution >= 4 is 16.2 Å². The Kier molecular flexibility index (Phi) is 3.58. The fraction of sp³-hybridized carbons (Fsp3) is 0.667. The second-order valence-corrected chi connectivity index (χ2v) is 6.22. The first-order valence-corrected chi connectivity index (χ1v) is 7.12. The smallest absolute Gasteiger partial charge is 0.465 e. The van der Waals surface area contributed by atoms with Gasteiger partial charge in [0, 0.05) is 17.8 Å². The molecule has 2 rings (SSSR count). The van der Waals surface area contributed by atoms with Crippen LogP contribution in [0, 0.1) is 0 Å². The first-order valence-electron chi connectivity index (χ1n) is 5.72. The van der Waals surface area contributed by atoms with E-state index in [4.69, 9.17) is 5.11 Å². The van der Waals surface area contributed by atoms with Crippen LogP contribution in [0.25, 0.3) is 0 Å². The van der Waals surface area contributed by atoms with E-state index < -0.39 is 27.4 Å². The van der Waals surface area contributed by atoms with Crippen LogP contribution in [0.1, 0.15) is 13.3 Å². The van der Waals surface area contributed by atoms with Gasteiger partial charge in [-0.2, -0.15) is 21.6 Å². The third-order valence-corrected chi connectivity index (χ3v) is 4.32. The van der Waals surface area contributed by atoms with E-state index in [0.717, 1.165) is 11.8 Å². The molecule has 0 saturated heterocycles. The first kappa shape index (κ1) is 15.9. The van der Waals surface area contributed by atoms with Crippen molar-refractivity contribution in [3.63, 3.8) is 0 Å². The molecule has 0 aliphatic carbocycles. The lowest BCUT2D eigenvalue weighted by Crippen LogP contribution is -2.49. The molecular formula is C9H12F3N3O5S. The Morgan fingerprint density at radius 2 is 2.10 bits per heavy atom. The summed E-state index contributed by atoms with van der Waals surface area (Å²) in [4.78, 5) is 11.9. The summed E-state index contributed by atoms with van der Waals surface area (Å²) in [5.41, 5.74) is -2.13. The largest absolute Gasteiger partial charge is 0.523 e. The maximum absolute atomic E-state index is 12.4. The number of carbonyl (C=O) groups is 1. The molecule has 2 heterocycles. The predicted octanol–water partition coefficient (Wildman–Crippen LogP) is 0.314. The average molecular weight is 331 g/mol. The molecule has 0 saturated carbocycles. The molecule has 2 aliphatic heterocycles. The minimum absolute atomic E-state index is 0.0303. The average Bonchev–Trinajstić information content (AvgIpc) is 2.64. The minimum Gasteiger partial charge on any atom is -0.465 e. The molecule has 0 radical (unpaired) electrons. The molecule has 120 valence electrons. The highest BCUT2D eigenvalue weighted by Gasteiger charge is 2.53. The number of nitrogens with one attached hydrogen (secondary N) is 2. The highest BCUT2D eigenvalue weighted by Crippen LogP contribution is 2.36. The topological polar surface area (TPSA) is 108 Å². The summed E-state index contributed by atoms with van der Waals surface area (Å²) in [5, 5.41) is 8.86. The molecule has 0 aromatic rings. The quantitative estimate of drug-likeness (QED) is 0.494. The van der Waals surface area contributed by atoms with Gasteiger partial charge in [0.25, 0.3) is 0 Å². The summed E-state index contributed by atoms with van der Waals surface area (Å²) in [6.45, 7) is 1.06. The van der Waals surface area contributed by atoms with Crippen molar-refractivity contribution in [2.75, 3.05) is 13.1 Å². The van der Waals surface area contributed by atoms with Gasteiger partial charge in [-0.15, -0.1) is 0 Å². The summed E-state index contributed by atoms with van der Waals surface area (Å²) in [7, 11) is -5.79. The molecule has 1 atom stereocenters. The van der Waals surface area contributed by atoms with E-state index in [2.05, 4.69) is 15.0 Å². The van der Waals surface area contributed by atoms with Gasteiger partial charge < -0.3 is 15.4 Å². The van der Waals surface area contributed by atoms with Gasteiger partial charge in [0.15, 0.2) is 5.72 Å². The molecule has 0 spiro atoms. The van der Waals surface area contributed by atoms with Crippen LogP contribution in [0.4, 0.5) is 18.0 Å². The van der Waals surface area contributed by atoms with E-state index in [-0.39, 0.29) is 30.8 Å². The number of amides is 1. The highest BCUT2D eigenvalue weighted by atomic mass is 32.2. The van der Waals surface area contributed by atoms with Crippen molar-refractivity contribution < 1.29 is 35.7 Å². The lowest BCUT2D eigenvalue weighted by Gasteiger charge is -2.30. The van der Waals surface area contributed by atoms with Crippen LogP contribution >= 0.6 is 0 Å². The number of carboxylic acid groups (broad SMARTS) is 1. The van der Waals surface area contributed by atoms with Crippen LogP contribution in [0.5, 0.6) is 0 Å². The van der Waals surface area contributed by atoms with Gasteiger partial charge in [-0.1, -0.05) is 0 Å². The third kappa shape index (κ3) is 2.78. The molecule has 0 fully saturated rings. The third-order valence-electron chi connectivity index (χ3n) is 3.20. The normalized spacial score (nSPS) is 26.6. The summed E-state index contributed by atoms with van der Waals surface area (Å²) < 4.78 is 63.7. The van der Waals surface area contributed by atoms with Crippen LogP contribution in [0.2, 0.25) is 0 Å². The Hall–Kier alpha value is -1.53. The van der Waals surface area contributed by atoms with Crippen molar-refractivity contribution in [2.45, 2.75) is 24.6 Å². The van der Waals surface area contributed by atoms with Gasteiger partial charge in [-0.25, -0.2) is 14.4 Å². The zero-order chi connectivity index (χ0) is 16.1. The van der Waals surface area contributed by atoms with Gasteiger partial charge >= 0.3 is 21.7 Å². The monoisotopic (exact) mass is 331 g/mol. The number of hydrogen-bond acceptors (Lipinski definition) is 6. The fourth-order valence-corrected chi connectivity index (χ4v) is 2.85. The van der Waals surface area contributed by atoms with E-state index in [1.165, 1.54) is 0 Å². The molecule has 0 aromatic carbocycles. The number of rotatable bonds is 2. The van der Waals surface area contributed by atoms with Gasteiger partial charge in [-0.3, -0.25) is 0 Å². The van der Waals surface area contributed by atoms with Gasteiger partial charge in [0.1, 0.15) is 0 Å². The van der Waals surface area contributed by atoms with E-state index in [1.807, 2.05) is 0 Å². The van der Waals surface area contributed by atoms with Crippen LogP contribution in [0.3, 0.4) is 0 Å². The molecule has 8 nitrogen and oxygen atoms in total. The number of alkyl halides is 3. The molecule has 0 bridgehead atoms. The number of hydrogen-bond donors (Lipinski definition) is 3. The number of nitrogens with zero attached hydrogens (tertiary/aromatic N) is 1. The molecule has 1 unspecified atom stereocenters. The highest BCUT2D eigenvalue weighted by molar-refractivity contribution is 7.87. The van der Waals surface area contributed by atoms with Gasteiger partial charge in [0.2, 0.25) is 0 Å². The van der Waals surface area contributed by atoms with E-state index in [1.54, 1.807) is 0 Å². The zero-order valence-electron chi connectivity index (χ0n) is 10.7. The maximum Gasteiger partial charge on any atom is 0.523 e. The van der Waals surface area contributed by atoms with Crippen molar-refractivity contribution in [3.05, 3.63) is 11.3 Å². The lowest BCUT2D eigenvalue weighted by molar-refractivity contribution is -0.0636. The summed E-state index contributed by atoms with van der Waals surface area (Å²) in [5.74, 6) is 0. The van der Waals surface area contributed by atoms with Crippen molar-refractivity contribution in [3.8, 4) is 0 Å². The molecule has 2 aliphatic rings. The number of hydrazine groups is 1. The number of halogens is 3. The van der Waals surface area contributed by atoms with E-state index in [0.29, 0.717) is 0 Å². The first-order chi connectivity index (χ1) is 9.46. The van der Waals surface area contributed by atoms with Crippen LogP contribution in [-0.2, 0) is 14.3 Å². The molecular weight excluding hydrogens is 319 g/mol. The van der Waals surface area contributed by atoms with Gasteiger partial charge in [0.05, 0.1) is 6.54 Å². The summed E-state index contributed by atoms with van der Waals surface area (Å²) in [6.07, 6.45) is -1.13. The van der Waals surface area contributed by atoms with Crippen molar-refractivity contribution in [1.82, 2.24) is 15.8 Å². The Labute approximate surface area is 117 Å². The SMILES string of the molecule is CC1(OS(=O)(=O)C(F)(F)F)NNC2=C1CCN(C(=O)O)C2. The molecule has 3 N–H and O–H groups in total. The van der Waals surface area contributed by atoms with Crippen molar-refractivity contribution in [2.24, 2.45) is 0 Å². The second kappa shape index (κ2) is 4.74. The Morgan fingerprint density at radius 3 is 2.62 bits per heavy atom. The van der Waals surface area contributed by atoms with Crippen LogP contribution < -0.4 is 10.9 Å². The Balaban J connectivity index is 2.25. The van der Waals surface area contributed by atoms with E-state index >= 15 is 0 Å². The second-order valence-electron chi connectivity index (χ2n) is 4.68. The summed E-state index contributed by atoms with van der Waals surface area (Å²) >= 11 is 0.